The second-order valence-corrected chi connectivity index (χ2v) is 5.36. The van der Waals surface area contributed by atoms with E-state index in [2.05, 4.69) is 42.4 Å². The first-order chi connectivity index (χ1) is 9.79. The molecule has 0 bridgehead atoms. The van der Waals surface area contributed by atoms with Gasteiger partial charge in [-0.05, 0) is 25.2 Å². The van der Waals surface area contributed by atoms with Gasteiger partial charge in [0.25, 0.3) is 0 Å². The van der Waals surface area contributed by atoms with Gasteiger partial charge in [-0.15, -0.1) is 6.42 Å². The van der Waals surface area contributed by atoms with Crippen LogP contribution in [0.3, 0.4) is 0 Å². The molecule has 1 aliphatic carbocycles. The molecule has 0 saturated heterocycles. The van der Waals surface area contributed by atoms with Crippen molar-refractivity contribution in [1.82, 2.24) is 5.32 Å². The van der Waals surface area contributed by atoms with Crippen LogP contribution in [0.5, 0.6) is 5.75 Å². The highest BCUT2D eigenvalue weighted by molar-refractivity contribution is 5.89. The summed E-state index contributed by atoms with van der Waals surface area (Å²) in [7, 11) is 0. The first-order valence-corrected chi connectivity index (χ1v) is 7.13. The van der Waals surface area contributed by atoms with Crippen LogP contribution in [0, 0.1) is 12.3 Å². The Bertz CT molecular complexity index is 652. The van der Waals surface area contributed by atoms with Gasteiger partial charge < -0.3 is 10.1 Å². The van der Waals surface area contributed by atoms with Gasteiger partial charge in [-0.1, -0.05) is 42.3 Å². The molecule has 0 heterocycles. The molecule has 1 saturated carbocycles. The lowest BCUT2D eigenvalue weighted by molar-refractivity contribution is 0.365. The van der Waals surface area contributed by atoms with E-state index in [1.807, 2.05) is 12.1 Å². The summed E-state index contributed by atoms with van der Waals surface area (Å²) in [4.78, 5) is 0. The third kappa shape index (κ3) is 2.64. The highest BCUT2D eigenvalue weighted by Gasteiger charge is 2.25. The van der Waals surface area contributed by atoms with E-state index in [4.69, 9.17) is 11.2 Å². The zero-order valence-corrected chi connectivity index (χ0v) is 11.7. The molecule has 3 rings (SSSR count). The van der Waals surface area contributed by atoms with Crippen molar-refractivity contribution in [3.8, 4) is 18.1 Å². The average molecular weight is 265 g/mol. The molecule has 2 heteroatoms. The van der Waals surface area contributed by atoms with Gasteiger partial charge in [0.1, 0.15) is 12.4 Å². The fraction of sp³-hybridized carbons (Fsp3) is 0.333. The molecule has 1 aliphatic rings. The van der Waals surface area contributed by atoms with Crippen LogP contribution in [0.4, 0.5) is 0 Å². The number of fused-ring (bicyclic) bond motifs is 1. The highest BCUT2D eigenvalue weighted by atomic mass is 16.5. The zero-order chi connectivity index (χ0) is 13.9. The van der Waals surface area contributed by atoms with Gasteiger partial charge >= 0.3 is 0 Å². The Kier molecular flexibility index (Phi) is 3.62. The van der Waals surface area contributed by atoms with Crippen LogP contribution in [-0.4, -0.2) is 12.6 Å². The van der Waals surface area contributed by atoms with E-state index in [9.17, 15) is 0 Å². The van der Waals surface area contributed by atoms with Gasteiger partial charge in [-0.25, -0.2) is 0 Å². The largest absolute Gasteiger partial charge is 0.480 e. The van der Waals surface area contributed by atoms with E-state index in [-0.39, 0.29) is 6.04 Å². The van der Waals surface area contributed by atoms with Gasteiger partial charge in [0.2, 0.25) is 0 Å². The van der Waals surface area contributed by atoms with Crippen molar-refractivity contribution in [3.05, 3.63) is 42.0 Å². The summed E-state index contributed by atoms with van der Waals surface area (Å²) < 4.78 is 5.85. The third-order valence-corrected chi connectivity index (χ3v) is 3.74. The van der Waals surface area contributed by atoms with Crippen LogP contribution in [-0.2, 0) is 0 Å². The Morgan fingerprint density at radius 2 is 2.10 bits per heavy atom. The van der Waals surface area contributed by atoms with Gasteiger partial charge in [0, 0.05) is 23.0 Å². The summed E-state index contributed by atoms with van der Waals surface area (Å²) >= 11 is 0. The van der Waals surface area contributed by atoms with E-state index < -0.39 is 0 Å². The summed E-state index contributed by atoms with van der Waals surface area (Å²) in [6.45, 7) is 2.49. The molecule has 1 unspecified atom stereocenters. The first-order valence-electron chi connectivity index (χ1n) is 7.13. The number of ether oxygens (including phenoxy) is 1. The molecule has 0 amide bonds. The van der Waals surface area contributed by atoms with Gasteiger partial charge in [-0.3, -0.25) is 0 Å². The van der Waals surface area contributed by atoms with E-state index in [0.29, 0.717) is 12.6 Å². The normalized spacial score (nSPS) is 15.8. The fourth-order valence-electron chi connectivity index (χ4n) is 2.57. The molecule has 0 radical (unpaired) electrons. The van der Waals surface area contributed by atoms with Crippen molar-refractivity contribution in [2.24, 2.45) is 0 Å². The van der Waals surface area contributed by atoms with Crippen LogP contribution in [0.2, 0.25) is 0 Å². The zero-order valence-electron chi connectivity index (χ0n) is 11.7. The molecular weight excluding hydrogens is 246 g/mol. The predicted octanol–water partition coefficient (Wildman–Crippen LogP) is 3.66. The van der Waals surface area contributed by atoms with E-state index >= 15 is 0 Å². The lowest BCUT2D eigenvalue weighted by Crippen LogP contribution is -2.21. The molecule has 1 N–H and O–H groups in total. The number of hydrogen-bond acceptors (Lipinski definition) is 2. The van der Waals surface area contributed by atoms with Crippen molar-refractivity contribution in [1.29, 1.82) is 0 Å². The van der Waals surface area contributed by atoms with Crippen LogP contribution >= 0.6 is 0 Å². The summed E-state index contributed by atoms with van der Waals surface area (Å²) in [6, 6.07) is 13.5. The number of nitrogens with one attached hydrogen (secondary N) is 1. The molecule has 0 spiro atoms. The molecule has 2 nitrogen and oxygen atoms in total. The van der Waals surface area contributed by atoms with Crippen molar-refractivity contribution in [3.63, 3.8) is 0 Å². The third-order valence-electron chi connectivity index (χ3n) is 3.74. The van der Waals surface area contributed by atoms with Crippen molar-refractivity contribution in [2.45, 2.75) is 31.8 Å². The predicted molar refractivity (Wildman–Crippen MR) is 82.8 cm³/mol. The van der Waals surface area contributed by atoms with Crippen molar-refractivity contribution >= 4 is 10.8 Å². The SMILES string of the molecule is C#CCOc1c(C(C)NC2CC2)ccc2ccccc12. The Hall–Kier alpha value is -1.98. The number of hydrogen-bond donors (Lipinski definition) is 1. The molecule has 2 aromatic carbocycles. The number of benzene rings is 2. The summed E-state index contributed by atoms with van der Waals surface area (Å²) in [5.74, 6) is 3.48. The van der Waals surface area contributed by atoms with Gasteiger partial charge in [0.15, 0.2) is 0 Å². The fourth-order valence-corrected chi connectivity index (χ4v) is 2.57. The molecule has 0 aliphatic heterocycles. The van der Waals surface area contributed by atoms with Crippen LogP contribution < -0.4 is 10.1 Å². The van der Waals surface area contributed by atoms with E-state index in [1.165, 1.54) is 23.8 Å². The monoisotopic (exact) mass is 265 g/mol. The maximum Gasteiger partial charge on any atom is 0.148 e. The summed E-state index contributed by atoms with van der Waals surface area (Å²) in [6.07, 6.45) is 7.90. The minimum atomic E-state index is 0.278. The topological polar surface area (TPSA) is 21.3 Å². The van der Waals surface area contributed by atoms with E-state index in [1.54, 1.807) is 0 Å². The maximum absolute atomic E-state index is 5.85. The van der Waals surface area contributed by atoms with Crippen LogP contribution in [0.25, 0.3) is 10.8 Å². The van der Waals surface area contributed by atoms with Gasteiger partial charge in [0.05, 0.1) is 0 Å². The molecule has 1 atom stereocenters. The molecule has 102 valence electrons. The number of terminal acetylenes is 1. The maximum atomic E-state index is 5.85. The smallest absolute Gasteiger partial charge is 0.148 e. The lowest BCUT2D eigenvalue weighted by atomic mass is 10.0. The minimum Gasteiger partial charge on any atom is -0.480 e. The molecular formula is C18H19NO. The van der Waals surface area contributed by atoms with Crippen LogP contribution in [0.15, 0.2) is 36.4 Å². The number of rotatable bonds is 5. The standard InChI is InChI=1S/C18H19NO/c1-3-12-20-18-16(13(2)19-15-9-10-15)11-8-14-6-4-5-7-17(14)18/h1,4-8,11,13,15,19H,9-10,12H2,2H3. The van der Waals surface area contributed by atoms with Gasteiger partial charge in [-0.2, -0.15) is 0 Å². The minimum absolute atomic E-state index is 0.278. The first kappa shape index (κ1) is 13.0. The molecule has 0 aromatic heterocycles. The van der Waals surface area contributed by atoms with Crippen molar-refractivity contribution in [2.75, 3.05) is 6.61 Å². The Morgan fingerprint density at radius 3 is 2.85 bits per heavy atom. The quantitative estimate of drug-likeness (QED) is 0.833. The van der Waals surface area contributed by atoms with Crippen molar-refractivity contribution < 1.29 is 4.74 Å². The molecule has 1 fully saturated rings. The molecule has 20 heavy (non-hydrogen) atoms. The second kappa shape index (κ2) is 5.56. The van der Waals surface area contributed by atoms with Crippen LogP contribution in [0.1, 0.15) is 31.4 Å². The van der Waals surface area contributed by atoms with E-state index in [0.717, 1.165) is 11.1 Å². The molecule has 2 aromatic rings. The second-order valence-electron chi connectivity index (χ2n) is 5.36. The Balaban J connectivity index is 2.02. The lowest BCUT2D eigenvalue weighted by Gasteiger charge is -2.19. The summed E-state index contributed by atoms with van der Waals surface area (Å²) in [5, 5.41) is 5.93. The Morgan fingerprint density at radius 1 is 1.30 bits per heavy atom. The Labute approximate surface area is 120 Å². The summed E-state index contributed by atoms with van der Waals surface area (Å²) in [5.41, 5.74) is 1.19. The average Bonchev–Trinajstić information content (AvgIpc) is 3.28. The highest BCUT2D eigenvalue weighted by Crippen LogP contribution is 2.35.